The number of anilines is 4. The van der Waals surface area contributed by atoms with E-state index in [2.05, 4.69) is 48.1 Å². The van der Waals surface area contributed by atoms with E-state index in [0.29, 0.717) is 47.4 Å². The van der Waals surface area contributed by atoms with Gasteiger partial charge in [-0.05, 0) is 41.5 Å². The summed E-state index contributed by atoms with van der Waals surface area (Å²) in [6.07, 6.45) is 1.41. The highest BCUT2D eigenvalue weighted by Gasteiger charge is 2.34. The number of amides is 3. The Morgan fingerprint density at radius 1 is 1.16 bits per heavy atom. The number of carbonyl (C=O) groups is 2. The number of hydrogen-bond acceptors (Lipinski definition) is 7. The SMILES string of the molecule is O=C(Nc1ccc(CN2CCOCC2)cc1)c1sc2ncnc3c2c1NC(=O)N3c1ccc(Cl)cc1CI. The van der Waals surface area contributed by atoms with Crippen LogP contribution in [0.5, 0.6) is 0 Å². The van der Waals surface area contributed by atoms with Crippen molar-refractivity contribution in [2.24, 2.45) is 0 Å². The first kappa shape index (κ1) is 25.4. The van der Waals surface area contributed by atoms with Crippen molar-refractivity contribution in [2.45, 2.75) is 11.0 Å². The summed E-state index contributed by atoms with van der Waals surface area (Å²) < 4.78 is 6.07. The van der Waals surface area contributed by atoms with Crippen LogP contribution in [-0.4, -0.2) is 53.1 Å². The molecule has 38 heavy (non-hydrogen) atoms. The number of halogens is 2. The maximum Gasteiger partial charge on any atom is 0.332 e. The number of benzene rings is 2. The van der Waals surface area contributed by atoms with Gasteiger partial charge in [0.25, 0.3) is 5.91 Å². The van der Waals surface area contributed by atoms with Crippen LogP contribution in [0.4, 0.5) is 27.7 Å². The van der Waals surface area contributed by atoms with Crippen LogP contribution in [0.3, 0.4) is 0 Å². The van der Waals surface area contributed by atoms with Crippen LogP contribution in [-0.2, 0) is 15.7 Å². The molecule has 194 valence electrons. The zero-order valence-corrected chi connectivity index (χ0v) is 23.8. The first-order valence-corrected chi connectivity index (χ1v) is 14.7. The van der Waals surface area contributed by atoms with Gasteiger partial charge in [0.15, 0.2) is 5.82 Å². The third-order valence-electron chi connectivity index (χ3n) is 6.47. The first-order chi connectivity index (χ1) is 18.5. The van der Waals surface area contributed by atoms with Crippen LogP contribution in [0, 0.1) is 0 Å². The highest BCUT2D eigenvalue weighted by atomic mass is 127. The maximum absolute atomic E-state index is 13.4. The highest BCUT2D eigenvalue weighted by molar-refractivity contribution is 14.1. The molecular formula is C26H22ClIN6O3S. The van der Waals surface area contributed by atoms with Crippen LogP contribution < -0.4 is 15.5 Å². The third-order valence-corrected chi connectivity index (χ3v) is 8.62. The molecule has 1 saturated heterocycles. The number of ether oxygens (including phenoxy) is 1. The number of aromatic nitrogens is 2. The lowest BCUT2D eigenvalue weighted by atomic mass is 10.1. The summed E-state index contributed by atoms with van der Waals surface area (Å²) in [5.74, 6) is 0.119. The molecule has 6 rings (SSSR count). The van der Waals surface area contributed by atoms with Gasteiger partial charge >= 0.3 is 6.03 Å². The van der Waals surface area contributed by atoms with Gasteiger partial charge in [0, 0.05) is 34.8 Å². The molecule has 2 aromatic carbocycles. The number of thiophene rings is 1. The minimum Gasteiger partial charge on any atom is -0.379 e. The first-order valence-electron chi connectivity index (χ1n) is 11.9. The lowest BCUT2D eigenvalue weighted by molar-refractivity contribution is 0.0342. The number of nitrogens with one attached hydrogen (secondary N) is 2. The van der Waals surface area contributed by atoms with Gasteiger partial charge in [-0.15, -0.1) is 11.3 Å². The van der Waals surface area contributed by atoms with Crippen LogP contribution in [0.25, 0.3) is 10.2 Å². The summed E-state index contributed by atoms with van der Waals surface area (Å²) in [6.45, 7) is 4.18. The van der Waals surface area contributed by atoms with Crippen molar-refractivity contribution in [3.05, 3.63) is 69.8 Å². The van der Waals surface area contributed by atoms with Gasteiger partial charge in [0.05, 0.1) is 30.0 Å². The van der Waals surface area contributed by atoms with Crippen molar-refractivity contribution < 1.29 is 14.3 Å². The van der Waals surface area contributed by atoms with Gasteiger partial charge in [-0.25, -0.2) is 19.7 Å². The third kappa shape index (κ3) is 4.84. The zero-order valence-electron chi connectivity index (χ0n) is 20.0. The largest absolute Gasteiger partial charge is 0.379 e. The molecule has 2 aliphatic heterocycles. The lowest BCUT2D eigenvalue weighted by Gasteiger charge is -2.28. The maximum atomic E-state index is 13.4. The molecule has 0 bridgehead atoms. The summed E-state index contributed by atoms with van der Waals surface area (Å²) in [6, 6.07) is 12.8. The van der Waals surface area contributed by atoms with E-state index in [1.165, 1.54) is 28.1 Å². The fourth-order valence-electron chi connectivity index (χ4n) is 4.63. The Bertz CT molecular complexity index is 1540. The van der Waals surface area contributed by atoms with Crippen LogP contribution in [0.1, 0.15) is 20.8 Å². The Hall–Kier alpha value is -2.84. The van der Waals surface area contributed by atoms with Crippen molar-refractivity contribution in [2.75, 3.05) is 41.8 Å². The Morgan fingerprint density at radius 2 is 1.95 bits per heavy atom. The Labute approximate surface area is 241 Å². The molecule has 0 atom stereocenters. The molecule has 0 spiro atoms. The summed E-state index contributed by atoms with van der Waals surface area (Å²) in [5, 5.41) is 7.10. The van der Waals surface area contributed by atoms with Crippen LogP contribution in [0.15, 0.2) is 48.8 Å². The summed E-state index contributed by atoms with van der Waals surface area (Å²) in [4.78, 5) is 40.4. The minimum absolute atomic E-state index is 0.317. The number of urea groups is 1. The van der Waals surface area contributed by atoms with Crippen LogP contribution >= 0.6 is 45.5 Å². The Kier molecular flexibility index (Phi) is 7.18. The topological polar surface area (TPSA) is 99.7 Å². The molecule has 2 N–H and O–H groups in total. The van der Waals surface area contributed by atoms with E-state index in [-0.39, 0.29) is 5.91 Å². The van der Waals surface area contributed by atoms with E-state index >= 15 is 0 Å². The smallest absolute Gasteiger partial charge is 0.332 e. The van der Waals surface area contributed by atoms with Crippen molar-refractivity contribution in [3.8, 4) is 0 Å². The number of nitrogens with zero attached hydrogens (tertiary/aromatic N) is 4. The molecule has 2 aliphatic rings. The monoisotopic (exact) mass is 660 g/mol. The second kappa shape index (κ2) is 10.7. The molecular weight excluding hydrogens is 639 g/mol. The molecule has 1 fully saturated rings. The minimum atomic E-state index is -0.397. The van der Waals surface area contributed by atoms with Crippen molar-refractivity contribution in [1.82, 2.24) is 14.9 Å². The Balaban J connectivity index is 1.28. The molecule has 2 aromatic heterocycles. The standard InChI is InChI=1S/C26H22ClIN6O3S/c27-17-3-6-19(16(11-17)12-28)34-23-20-21(32-26(34)36)22(38-25(20)30-14-29-23)24(35)31-18-4-1-15(2-5-18)13-33-7-9-37-10-8-33/h1-6,11,14H,7-10,12-13H2,(H,31,35)(H,32,36). The average molecular weight is 661 g/mol. The number of alkyl halides is 1. The molecule has 4 heterocycles. The van der Waals surface area contributed by atoms with Crippen molar-refractivity contribution >= 4 is 90.6 Å². The Morgan fingerprint density at radius 3 is 2.71 bits per heavy atom. The molecule has 4 aromatic rings. The van der Waals surface area contributed by atoms with Gasteiger partial charge in [-0.3, -0.25) is 9.69 Å². The van der Waals surface area contributed by atoms with E-state index < -0.39 is 6.03 Å². The number of carbonyl (C=O) groups excluding carboxylic acids is 2. The molecule has 0 saturated carbocycles. The van der Waals surface area contributed by atoms with Crippen LogP contribution in [0.2, 0.25) is 5.02 Å². The van der Waals surface area contributed by atoms with Crippen molar-refractivity contribution in [1.29, 1.82) is 0 Å². The number of morpholine rings is 1. The van der Waals surface area contributed by atoms with Gasteiger partial charge in [-0.2, -0.15) is 0 Å². The molecule has 9 nitrogen and oxygen atoms in total. The lowest BCUT2D eigenvalue weighted by Crippen LogP contribution is -2.35. The van der Waals surface area contributed by atoms with E-state index in [4.69, 9.17) is 16.3 Å². The van der Waals surface area contributed by atoms with Gasteiger partial charge in [0.1, 0.15) is 16.0 Å². The van der Waals surface area contributed by atoms with Gasteiger partial charge in [0.2, 0.25) is 0 Å². The predicted octanol–water partition coefficient (Wildman–Crippen LogP) is 6.05. The zero-order chi connectivity index (χ0) is 26.2. The summed E-state index contributed by atoms with van der Waals surface area (Å²) in [7, 11) is 0. The second-order valence-corrected chi connectivity index (χ2v) is 11.1. The quantitative estimate of drug-likeness (QED) is 0.193. The fourth-order valence-corrected chi connectivity index (χ4v) is 6.42. The van der Waals surface area contributed by atoms with E-state index in [0.717, 1.165) is 38.4 Å². The van der Waals surface area contributed by atoms with Gasteiger partial charge in [-0.1, -0.05) is 46.3 Å². The molecule has 0 unspecified atom stereocenters. The van der Waals surface area contributed by atoms with Crippen molar-refractivity contribution in [3.63, 3.8) is 0 Å². The summed E-state index contributed by atoms with van der Waals surface area (Å²) >= 11 is 9.65. The number of hydrogen-bond donors (Lipinski definition) is 2. The number of rotatable bonds is 6. The van der Waals surface area contributed by atoms with E-state index in [9.17, 15) is 9.59 Å². The second-order valence-electron chi connectivity index (χ2n) is 8.90. The predicted molar refractivity (Wildman–Crippen MR) is 158 cm³/mol. The normalized spacial score (nSPS) is 15.5. The fraction of sp³-hybridized carbons (Fsp3) is 0.231. The molecule has 0 aliphatic carbocycles. The van der Waals surface area contributed by atoms with E-state index in [1.807, 2.05) is 30.3 Å². The highest BCUT2D eigenvalue weighted by Crippen LogP contribution is 2.45. The molecule has 0 radical (unpaired) electrons. The summed E-state index contributed by atoms with van der Waals surface area (Å²) in [5.41, 5.74) is 3.85. The van der Waals surface area contributed by atoms with Gasteiger partial charge < -0.3 is 15.4 Å². The molecule has 12 heteroatoms. The van der Waals surface area contributed by atoms with E-state index in [1.54, 1.807) is 12.1 Å². The average Bonchev–Trinajstić information content (AvgIpc) is 3.30. The molecule has 3 amide bonds.